The zero-order valence-corrected chi connectivity index (χ0v) is 19.1. The Balaban J connectivity index is 1.67. The van der Waals surface area contributed by atoms with Crippen molar-refractivity contribution in [3.05, 3.63) is 102 Å². The number of aromatic nitrogens is 2. The first-order chi connectivity index (χ1) is 15.9. The number of rotatable bonds is 4. The Kier molecular flexibility index (Phi) is 5.26. The summed E-state index contributed by atoms with van der Waals surface area (Å²) >= 11 is 5.79. The molecule has 0 unspecified atom stereocenters. The van der Waals surface area contributed by atoms with Crippen molar-refractivity contribution >= 4 is 23.0 Å². The third-order valence-corrected chi connectivity index (χ3v) is 6.44. The summed E-state index contributed by atoms with van der Waals surface area (Å²) in [5.74, 6) is 0.445. The van der Waals surface area contributed by atoms with Crippen LogP contribution in [0.4, 0.5) is 5.69 Å². The summed E-state index contributed by atoms with van der Waals surface area (Å²) in [6.07, 6.45) is 1.79. The van der Waals surface area contributed by atoms with Crippen LogP contribution >= 0.6 is 12.2 Å². The van der Waals surface area contributed by atoms with Crippen LogP contribution in [0.1, 0.15) is 34.7 Å². The Hall–Kier alpha value is -3.84. The molecule has 2 aromatic heterocycles. The number of anilines is 1. The predicted molar refractivity (Wildman–Crippen MR) is 133 cm³/mol. The molecule has 0 radical (unpaired) electrons. The fourth-order valence-electron chi connectivity index (χ4n) is 4.65. The van der Waals surface area contributed by atoms with E-state index in [2.05, 4.69) is 39.7 Å². The molecule has 0 spiro atoms. The molecule has 7 heteroatoms. The zero-order valence-electron chi connectivity index (χ0n) is 18.3. The monoisotopic (exact) mass is 456 g/mol. The van der Waals surface area contributed by atoms with Crippen molar-refractivity contribution in [2.24, 2.45) is 0 Å². The molecular weight excluding hydrogens is 432 g/mol. The smallest absolute Gasteiger partial charge is 0.174 e. The van der Waals surface area contributed by atoms with E-state index in [0.717, 1.165) is 34.0 Å². The number of nitrogens with one attached hydrogen (secondary N) is 1. The Morgan fingerprint density at radius 1 is 0.879 bits per heavy atom. The standard InChI is InChI=1S/C26H24N4O2S/c1-16-15-22(17(2)29(16)18-6-10-20(31)11-7-18)25-24(23-5-3-4-14-27-23)28-26(33)30(25)19-8-12-21(32)13-9-19/h3-15,24-25,31-32H,1-2H3,(H,28,33)/t24-,25+/m1/s1. The Morgan fingerprint density at radius 3 is 2.12 bits per heavy atom. The van der Waals surface area contributed by atoms with Crippen LogP contribution in [-0.4, -0.2) is 24.9 Å². The Morgan fingerprint density at radius 2 is 1.52 bits per heavy atom. The number of phenolic OH excluding ortho intramolecular Hbond substituents is 2. The van der Waals surface area contributed by atoms with E-state index in [1.807, 2.05) is 42.5 Å². The van der Waals surface area contributed by atoms with Crippen LogP contribution in [0.5, 0.6) is 11.5 Å². The van der Waals surface area contributed by atoms with Crippen molar-refractivity contribution in [2.75, 3.05) is 4.90 Å². The Labute approximate surface area is 197 Å². The van der Waals surface area contributed by atoms with Gasteiger partial charge in [0.05, 0.1) is 17.8 Å². The van der Waals surface area contributed by atoms with Gasteiger partial charge in [-0.1, -0.05) is 6.07 Å². The molecule has 1 fully saturated rings. The molecule has 166 valence electrons. The van der Waals surface area contributed by atoms with Gasteiger partial charge >= 0.3 is 0 Å². The molecule has 1 saturated heterocycles. The number of aryl methyl sites for hydroxylation is 1. The summed E-state index contributed by atoms with van der Waals surface area (Å²) in [5, 5.41) is 23.6. The lowest BCUT2D eigenvalue weighted by Gasteiger charge is -2.28. The second-order valence-electron chi connectivity index (χ2n) is 8.19. The first-order valence-corrected chi connectivity index (χ1v) is 11.1. The Bertz CT molecular complexity index is 1300. The molecule has 3 N–H and O–H groups in total. The van der Waals surface area contributed by atoms with Crippen molar-refractivity contribution in [1.82, 2.24) is 14.9 Å². The largest absolute Gasteiger partial charge is 0.508 e. The highest BCUT2D eigenvalue weighted by Gasteiger charge is 2.42. The number of nitrogens with zero attached hydrogens (tertiary/aromatic N) is 3. The summed E-state index contributed by atoms with van der Waals surface area (Å²) in [5.41, 5.74) is 6.06. The zero-order chi connectivity index (χ0) is 23.1. The fraction of sp³-hybridized carbons (Fsp3) is 0.154. The first kappa shape index (κ1) is 21.0. The van der Waals surface area contributed by atoms with Crippen LogP contribution in [0, 0.1) is 13.8 Å². The van der Waals surface area contributed by atoms with Gasteiger partial charge in [-0.2, -0.15) is 0 Å². The van der Waals surface area contributed by atoms with Gasteiger partial charge in [0.15, 0.2) is 5.11 Å². The van der Waals surface area contributed by atoms with Crippen molar-refractivity contribution in [3.8, 4) is 17.2 Å². The third kappa shape index (κ3) is 3.70. The summed E-state index contributed by atoms with van der Waals surface area (Å²) < 4.78 is 2.18. The van der Waals surface area contributed by atoms with E-state index in [4.69, 9.17) is 12.2 Å². The van der Waals surface area contributed by atoms with E-state index in [0.29, 0.717) is 5.11 Å². The number of aromatic hydroxyl groups is 2. The highest BCUT2D eigenvalue weighted by atomic mass is 32.1. The van der Waals surface area contributed by atoms with Gasteiger partial charge in [0.1, 0.15) is 11.5 Å². The number of hydrogen-bond acceptors (Lipinski definition) is 4. The molecule has 0 bridgehead atoms. The van der Waals surface area contributed by atoms with E-state index in [1.165, 1.54) is 0 Å². The number of hydrogen-bond donors (Lipinski definition) is 3. The van der Waals surface area contributed by atoms with E-state index in [9.17, 15) is 10.2 Å². The molecule has 5 rings (SSSR count). The van der Waals surface area contributed by atoms with Crippen molar-refractivity contribution in [2.45, 2.75) is 25.9 Å². The molecule has 6 nitrogen and oxygen atoms in total. The molecular formula is C26H24N4O2S. The second-order valence-corrected chi connectivity index (χ2v) is 8.58. The average molecular weight is 457 g/mol. The molecule has 4 aromatic rings. The number of thiocarbonyl (C=S) groups is 1. The maximum atomic E-state index is 9.81. The van der Waals surface area contributed by atoms with Gasteiger partial charge in [-0.05, 0) is 98.4 Å². The minimum absolute atomic E-state index is 0.144. The molecule has 1 aliphatic rings. The summed E-state index contributed by atoms with van der Waals surface area (Å²) in [6, 6.07) is 22.1. The van der Waals surface area contributed by atoms with Gasteiger partial charge in [0.2, 0.25) is 0 Å². The van der Waals surface area contributed by atoms with Crippen LogP contribution in [-0.2, 0) is 0 Å². The number of phenols is 2. The van der Waals surface area contributed by atoms with Crippen LogP contribution < -0.4 is 10.2 Å². The first-order valence-electron chi connectivity index (χ1n) is 10.7. The van der Waals surface area contributed by atoms with E-state index >= 15 is 0 Å². The topological polar surface area (TPSA) is 73.5 Å². The maximum Gasteiger partial charge on any atom is 0.174 e. The van der Waals surface area contributed by atoms with Gasteiger partial charge in [-0.3, -0.25) is 4.98 Å². The summed E-state index contributed by atoms with van der Waals surface area (Å²) in [6.45, 7) is 4.17. The maximum absolute atomic E-state index is 9.81. The summed E-state index contributed by atoms with van der Waals surface area (Å²) in [7, 11) is 0. The molecule has 2 aromatic carbocycles. The number of pyridine rings is 1. The van der Waals surface area contributed by atoms with Crippen molar-refractivity contribution in [3.63, 3.8) is 0 Å². The summed E-state index contributed by atoms with van der Waals surface area (Å²) in [4.78, 5) is 6.71. The van der Waals surface area contributed by atoms with E-state index in [1.54, 1.807) is 30.5 Å². The lowest BCUT2D eigenvalue weighted by atomic mass is 9.96. The van der Waals surface area contributed by atoms with Gasteiger partial charge in [0.25, 0.3) is 0 Å². The molecule has 0 saturated carbocycles. The van der Waals surface area contributed by atoms with Gasteiger partial charge in [0, 0.05) is 29.0 Å². The molecule has 0 aliphatic carbocycles. The molecule has 2 atom stereocenters. The minimum atomic E-state index is -0.152. The number of benzene rings is 2. The molecule has 3 heterocycles. The van der Waals surface area contributed by atoms with Crippen molar-refractivity contribution < 1.29 is 10.2 Å². The van der Waals surface area contributed by atoms with Gasteiger partial charge < -0.3 is 25.0 Å². The normalized spacial score (nSPS) is 17.9. The SMILES string of the molecule is Cc1cc([C@H]2[C@@H](c3ccccn3)NC(=S)N2c2ccc(O)cc2)c(C)n1-c1ccc(O)cc1. The average Bonchev–Trinajstić information content (AvgIpc) is 3.31. The minimum Gasteiger partial charge on any atom is -0.508 e. The highest BCUT2D eigenvalue weighted by molar-refractivity contribution is 7.80. The second kappa shape index (κ2) is 8.26. The third-order valence-electron chi connectivity index (χ3n) is 6.12. The van der Waals surface area contributed by atoms with Crippen LogP contribution in [0.2, 0.25) is 0 Å². The van der Waals surface area contributed by atoms with Gasteiger partial charge in [-0.15, -0.1) is 0 Å². The molecule has 33 heavy (non-hydrogen) atoms. The molecule has 1 aliphatic heterocycles. The van der Waals surface area contributed by atoms with Crippen LogP contribution in [0.25, 0.3) is 5.69 Å². The van der Waals surface area contributed by atoms with E-state index < -0.39 is 0 Å². The lowest BCUT2D eigenvalue weighted by Crippen LogP contribution is -2.29. The van der Waals surface area contributed by atoms with Crippen molar-refractivity contribution in [1.29, 1.82) is 0 Å². The quantitative estimate of drug-likeness (QED) is 0.372. The van der Waals surface area contributed by atoms with E-state index in [-0.39, 0.29) is 23.6 Å². The highest BCUT2D eigenvalue weighted by Crippen LogP contribution is 2.44. The van der Waals surface area contributed by atoms with Gasteiger partial charge in [-0.25, -0.2) is 0 Å². The molecule has 0 amide bonds. The lowest BCUT2D eigenvalue weighted by molar-refractivity contribution is 0.474. The van der Waals surface area contributed by atoms with Crippen LogP contribution in [0.3, 0.4) is 0 Å². The fourth-order valence-corrected chi connectivity index (χ4v) is 4.99. The van der Waals surface area contributed by atoms with Crippen LogP contribution in [0.15, 0.2) is 79.0 Å². The predicted octanol–water partition coefficient (Wildman–Crippen LogP) is 5.08.